The number of aryl methyl sites for hydroxylation is 1. The zero-order valence-corrected chi connectivity index (χ0v) is 11.2. The van der Waals surface area contributed by atoms with E-state index in [2.05, 4.69) is 61.4 Å². The van der Waals surface area contributed by atoms with Crippen molar-refractivity contribution in [3.63, 3.8) is 0 Å². The minimum atomic E-state index is 0.299. The zero-order chi connectivity index (χ0) is 13.0. The Labute approximate surface area is 109 Å². The van der Waals surface area contributed by atoms with Crippen molar-refractivity contribution in [2.75, 3.05) is 0 Å². The molecule has 0 saturated carbocycles. The van der Waals surface area contributed by atoms with Crippen LogP contribution in [-0.4, -0.2) is 4.98 Å². The van der Waals surface area contributed by atoms with Crippen LogP contribution < -0.4 is 5.32 Å². The Morgan fingerprint density at radius 2 is 1.78 bits per heavy atom. The highest BCUT2D eigenvalue weighted by molar-refractivity contribution is 5.28. The molecule has 2 rings (SSSR count). The van der Waals surface area contributed by atoms with E-state index in [9.17, 15) is 0 Å². The number of rotatable bonds is 4. The van der Waals surface area contributed by atoms with Crippen molar-refractivity contribution in [1.82, 2.24) is 10.3 Å². The van der Waals surface area contributed by atoms with Crippen molar-refractivity contribution in [3.05, 3.63) is 65.5 Å². The third kappa shape index (κ3) is 2.96. The van der Waals surface area contributed by atoms with Crippen LogP contribution in [-0.2, 0) is 0 Å². The summed E-state index contributed by atoms with van der Waals surface area (Å²) in [6.45, 7) is 6.53. The van der Waals surface area contributed by atoms with Crippen LogP contribution in [0.5, 0.6) is 0 Å². The van der Waals surface area contributed by atoms with Gasteiger partial charge < -0.3 is 5.32 Å². The van der Waals surface area contributed by atoms with Crippen LogP contribution in [0, 0.1) is 6.92 Å². The van der Waals surface area contributed by atoms with Gasteiger partial charge in [0.15, 0.2) is 0 Å². The van der Waals surface area contributed by atoms with Crippen molar-refractivity contribution in [2.24, 2.45) is 0 Å². The second kappa shape index (κ2) is 5.78. The second-order valence-corrected chi connectivity index (χ2v) is 4.75. The molecule has 0 amide bonds. The number of hydrogen-bond donors (Lipinski definition) is 1. The first-order chi connectivity index (χ1) is 8.68. The molecule has 2 atom stereocenters. The van der Waals surface area contributed by atoms with Crippen molar-refractivity contribution in [2.45, 2.75) is 32.9 Å². The van der Waals surface area contributed by atoms with Crippen LogP contribution in [0.4, 0.5) is 0 Å². The molecular formula is C16H20N2. The van der Waals surface area contributed by atoms with Gasteiger partial charge in [0.2, 0.25) is 0 Å². The molecule has 0 fully saturated rings. The predicted molar refractivity (Wildman–Crippen MR) is 75.4 cm³/mol. The summed E-state index contributed by atoms with van der Waals surface area (Å²) >= 11 is 0. The summed E-state index contributed by atoms with van der Waals surface area (Å²) in [5.41, 5.74) is 3.90. The number of aromatic nitrogens is 1. The molecular weight excluding hydrogens is 220 g/mol. The summed E-state index contributed by atoms with van der Waals surface area (Å²) < 4.78 is 0. The van der Waals surface area contributed by atoms with Crippen LogP contribution >= 0.6 is 0 Å². The highest BCUT2D eigenvalue weighted by atomic mass is 14.9. The Hall–Kier alpha value is -1.67. The molecule has 0 saturated heterocycles. The molecule has 2 aromatic rings. The van der Waals surface area contributed by atoms with E-state index in [1.54, 1.807) is 6.20 Å². The van der Waals surface area contributed by atoms with Gasteiger partial charge in [-0.1, -0.05) is 30.3 Å². The van der Waals surface area contributed by atoms with E-state index in [4.69, 9.17) is 0 Å². The molecule has 2 nitrogen and oxygen atoms in total. The maximum atomic E-state index is 4.16. The van der Waals surface area contributed by atoms with Gasteiger partial charge in [-0.15, -0.1) is 0 Å². The fraction of sp³-hybridized carbons (Fsp3) is 0.312. The molecule has 0 aliphatic heterocycles. The SMILES string of the molecule is Cc1ccccc1[C@H](C)NC(C)c1cccnc1. The maximum Gasteiger partial charge on any atom is 0.0315 e. The van der Waals surface area contributed by atoms with Gasteiger partial charge in [-0.3, -0.25) is 4.98 Å². The van der Waals surface area contributed by atoms with E-state index < -0.39 is 0 Å². The Balaban J connectivity index is 2.08. The van der Waals surface area contributed by atoms with E-state index in [1.165, 1.54) is 16.7 Å². The van der Waals surface area contributed by atoms with Crippen molar-refractivity contribution < 1.29 is 0 Å². The minimum absolute atomic E-state index is 0.299. The summed E-state index contributed by atoms with van der Waals surface area (Å²) in [6.07, 6.45) is 3.73. The number of pyridine rings is 1. The normalized spacial score (nSPS) is 14.2. The van der Waals surface area contributed by atoms with E-state index in [0.717, 1.165) is 0 Å². The molecule has 1 N–H and O–H groups in total. The Morgan fingerprint density at radius 1 is 1.00 bits per heavy atom. The summed E-state index contributed by atoms with van der Waals surface area (Å²) in [4.78, 5) is 4.16. The number of hydrogen-bond acceptors (Lipinski definition) is 2. The van der Waals surface area contributed by atoms with Gasteiger partial charge in [0.1, 0.15) is 0 Å². The molecule has 1 aromatic carbocycles. The van der Waals surface area contributed by atoms with Gasteiger partial charge in [0.25, 0.3) is 0 Å². The number of nitrogens with zero attached hydrogens (tertiary/aromatic N) is 1. The van der Waals surface area contributed by atoms with Crippen LogP contribution in [0.2, 0.25) is 0 Å². The van der Waals surface area contributed by atoms with Gasteiger partial charge in [-0.2, -0.15) is 0 Å². The second-order valence-electron chi connectivity index (χ2n) is 4.75. The standard InChI is InChI=1S/C16H20N2/c1-12-7-4-5-9-16(12)14(3)18-13(2)15-8-6-10-17-11-15/h4-11,13-14,18H,1-3H3/t13?,14-/m0/s1. The van der Waals surface area contributed by atoms with Gasteiger partial charge in [-0.05, 0) is 43.5 Å². The Morgan fingerprint density at radius 3 is 2.44 bits per heavy atom. The predicted octanol–water partition coefficient (Wildman–Crippen LogP) is 3.80. The molecule has 1 aromatic heterocycles. The summed E-state index contributed by atoms with van der Waals surface area (Å²) in [5.74, 6) is 0. The lowest BCUT2D eigenvalue weighted by atomic mass is 10.0. The first-order valence-electron chi connectivity index (χ1n) is 6.40. The molecule has 18 heavy (non-hydrogen) atoms. The molecule has 0 bridgehead atoms. The van der Waals surface area contributed by atoms with E-state index in [-0.39, 0.29) is 0 Å². The van der Waals surface area contributed by atoms with Gasteiger partial charge in [0, 0.05) is 24.5 Å². The smallest absolute Gasteiger partial charge is 0.0315 e. The van der Waals surface area contributed by atoms with E-state index in [0.29, 0.717) is 12.1 Å². The van der Waals surface area contributed by atoms with Crippen LogP contribution in [0.1, 0.15) is 42.6 Å². The highest BCUT2D eigenvalue weighted by Gasteiger charge is 2.12. The first kappa shape index (κ1) is 12.8. The Kier molecular flexibility index (Phi) is 4.11. The lowest BCUT2D eigenvalue weighted by Gasteiger charge is -2.21. The molecule has 0 radical (unpaired) electrons. The zero-order valence-electron chi connectivity index (χ0n) is 11.2. The molecule has 0 aliphatic carbocycles. The fourth-order valence-corrected chi connectivity index (χ4v) is 2.27. The summed E-state index contributed by atoms with van der Waals surface area (Å²) in [5, 5.41) is 3.61. The van der Waals surface area contributed by atoms with Crippen LogP contribution in [0.15, 0.2) is 48.8 Å². The minimum Gasteiger partial charge on any atom is -0.304 e. The molecule has 2 heteroatoms. The third-order valence-corrected chi connectivity index (χ3v) is 3.34. The van der Waals surface area contributed by atoms with Crippen LogP contribution in [0.25, 0.3) is 0 Å². The monoisotopic (exact) mass is 240 g/mol. The first-order valence-corrected chi connectivity index (χ1v) is 6.40. The maximum absolute atomic E-state index is 4.16. The largest absolute Gasteiger partial charge is 0.304 e. The van der Waals surface area contributed by atoms with Gasteiger partial charge >= 0.3 is 0 Å². The molecule has 1 unspecified atom stereocenters. The quantitative estimate of drug-likeness (QED) is 0.879. The summed E-state index contributed by atoms with van der Waals surface area (Å²) in [6, 6.07) is 13.2. The number of benzene rings is 1. The van der Waals surface area contributed by atoms with Crippen molar-refractivity contribution in [1.29, 1.82) is 0 Å². The Bertz CT molecular complexity index is 493. The lowest BCUT2D eigenvalue weighted by molar-refractivity contribution is 0.492. The average molecular weight is 240 g/mol. The van der Waals surface area contributed by atoms with Crippen molar-refractivity contribution >= 4 is 0 Å². The fourth-order valence-electron chi connectivity index (χ4n) is 2.27. The molecule has 0 aliphatic rings. The molecule has 94 valence electrons. The number of nitrogens with one attached hydrogen (secondary N) is 1. The van der Waals surface area contributed by atoms with Crippen LogP contribution in [0.3, 0.4) is 0 Å². The average Bonchev–Trinajstić information content (AvgIpc) is 2.40. The topological polar surface area (TPSA) is 24.9 Å². The van der Waals surface area contributed by atoms with E-state index >= 15 is 0 Å². The highest BCUT2D eigenvalue weighted by Crippen LogP contribution is 2.21. The van der Waals surface area contributed by atoms with Crippen molar-refractivity contribution in [3.8, 4) is 0 Å². The summed E-state index contributed by atoms with van der Waals surface area (Å²) in [7, 11) is 0. The van der Waals surface area contributed by atoms with Gasteiger partial charge in [0.05, 0.1) is 0 Å². The molecule has 0 spiro atoms. The molecule has 1 heterocycles. The van der Waals surface area contributed by atoms with Gasteiger partial charge in [-0.25, -0.2) is 0 Å². The van der Waals surface area contributed by atoms with E-state index in [1.807, 2.05) is 12.3 Å². The third-order valence-electron chi connectivity index (χ3n) is 3.34. The lowest BCUT2D eigenvalue weighted by Crippen LogP contribution is -2.23.